The molecule has 1 saturated carbocycles. The maximum atomic E-state index is 11.7. The summed E-state index contributed by atoms with van der Waals surface area (Å²) in [4.78, 5) is 16.2. The third kappa shape index (κ3) is 2.91. The van der Waals surface area contributed by atoms with E-state index in [0.717, 1.165) is 48.2 Å². The van der Waals surface area contributed by atoms with E-state index in [2.05, 4.69) is 44.0 Å². The zero-order chi connectivity index (χ0) is 19.1. The van der Waals surface area contributed by atoms with E-state index < -0.39 is 5.97 Å². The van der Waals surface area contributed by atoms with Crippen LogP contribution in [0.15, 0.2) is 24.3 Å². The van der Waals surface area contributed by atoms with Crippen molar-refractivity contribution in [1.82, 2.24) is 14.6 Å². The van der Waals surface area contributed by atoms with Crippen LogP contribution in [-0.4, -0.2) is 25.7 Å². The maximum Gasteiger partial charge on any atom is 0.354 e. The number of fused-ring (bicyclic) bond motifs is 1. The molecule has 0 unspecified atom stereocenters. The van der Waals surface area contributed by atoms with Gasteiger partial charge in [0.05, 0.1) is 11.3 Å². The normalized spacial score (nSPS) is 14.5. The van der Waals surface area contributed by atoms with E-state index >= 15 is 0 Å². The van der Waals surface area contributed by atoms with Crippen molar-refractivity contribution in [2.24, 2.45) is 0 Å². The van der Waals surface area contributed by atoms with Crippen molar-refractivity contribution in [2.45, 2.75) is 58.8 Å². The van der Waals surface area contributed by atoms with Crippen molar-refractivity contribution in [3.8, 4) is 11.1 Å². The second kappa shape index (κ2) is 6.80. The molecule has 1 aliphatic carbocycles. The molecule has 0 amide bonds. The minimum Gasteiger partial charge on any atom is -0.477 e. The van der Waals surface area contributed by atoms with E-state index in [1.165, 1.54) is 17.5 Å². The van der Waals surface area contributed by atoms with Gasteiger partial charge in [-0.3, -0.25) is 0 Å². The topological polar surface area (TPSA) is 67.5 Å². The van der Waals surface area contributed by atoms with Gasteiger partial charge >= 0.3 is 5.97 Å². The van der Waals surface area contributed by atoms with Crippen LogP contribution in [-0.2, 0) is 6.42 Å². The highest BCUT2D eigenvalue weighted by atomic mass is 16.4. The van der Waals surface area contributed by atoms with E-state index in [1.54, 1.807) is 6.07 Å². The van der Waals surface area contributed by atoms with Gasteiger partial charge in [0, 0.05) is 11.6 Å². The van der Waals surface area contributed by atoms with E-state index in [1.807, 2.05) is 4.52 Å². The molecule has 1 aromatic carbocycles. The lowest BCUT2D eigenvalue weighted by atomic mass is 9.80. The number of carboxylic acids is 1. The van der Waals surface area contributed by atoms with E-state index in [4.69, 9.17) is 5.10 Å². The van der Waals surface area contributed by atoms with Gasteiger partial charge < -0.3 is 5.11 Å². The molecule has 0 bridgehead atoms. The molecule has 27 heavy (non-hydrogen) atoms. The molecule has 0 aliphatic heterocycles. The maximum absolute atomic E-state index is 11.7. The Morgan fingerprint density at radius 3 is 2.48 bits per heavy atom. The highest BCUT2D eigenvalue weighted by Gasteiger charge is 2.30. The molecule has 1 aliphatic rings. The van der Waals surface area contributed by atoms with Crippen LogP contribution in [0.3, 0.4) is 0 Å². The summed E-state index contributed by atoms with van der Waals surface area (Å²) in [5.74, 6) is -0.558. The van der Waals surface area contributed by atoms with Gasteiger partial charge in [0.2, 0.25) is 0 Å². The van der Waals surface area contributed by atoms with Crippen molar-refractivity contribution in [3.05, 3.63) is 52.5 Å². The number of aryl methyl sites for hydroxylation is 3. The molecule has 1 N–H and O–H groups in total. The molecule has 4 rings (SSSR count). The quantitative estimate of drug-likeness (QED) is 0.698. The van der Waals surface area contributed by atoms with Crippen LogP contribution < -0.4 is 0 Å². The summed E-state index contributed by atoms with van der Waals surface area (Å²) < 4.78 is 1.89. The van der Waals surface area contributed by atoms with Crippen LogP contribution in [0, 0.1) is 13.8 Å². The second-order valence-corrected chi connectivity index (χ2v) is 7.58. The summed E-state index contributed by atoms with van der Waals surface area (Å²) in [5.41, 5.74) is 7.28. The fraction of sp³-hybridized carbons (Fsp3) is 0.409. The van der Waals surface area contributed by atoms with Gasteiger partial charge in [0.15, 0.2) is 11.3 Å². The molecule has 3 aromatic rings. The third-order valence-electron chi connectivity index (χ3n) is 5.64. The van der Waals surface area contributed by atoms with Crippen molar-refractivity contribution in [3.63, 3.8) is 0 Å². The number of rotatable bonds is 5. The van der Waals surface area contributed by atoms with Crippen LogP contribution >= 0.6 is 0 Å². The fourth-order valence-corrected chi connectivity index (χ4v) is 4.05. The number of aromatic nitrogens is 3. The Morgan fingerprint density at radius 1 is 1.22 bits per heavy atom. The first-order chi connectivity index (χ1) is 13.0. The standard InChI is InChI=1S/C22H25N3O2/c1-4-7-16-12-17(22(26)27)23-21-19(18-13(2)8-5-9-14(18)3)20(24-25(16)21)15-10-6-11-15/h5,8-9,12,15H,4,6-7,10-11H2,1-3H3,(H,26,27). The molecule has 0 atom stereocenters. The Morgan fingerprint density at radius 2 is 1.93 bits per heavy atom. The number of hydrogen-bond acceptors (Lipinski definition) is 3. The molecule has 2 aromatic heterocycles. The Balaban J connectivity index is 2.09. The summed E-state index contributed by atoms with van der Waals surface area (Å²) in [5, 5.41) is 14.6. The smallest absolute Gasteiger partial charge is 0.354 e. The summed E-state index contributed by atoms with van der Waals surface area (Å²) in [7, 11) is 0. The largest absolute Gasteiger partial charge is 0.477 e. The van der Waals surface area contributed by atoms with Gasteiger partial charge in [-0.1, -0.05) is 38.0 Å². The second-order valence-electron chi connectivity index (χ2n) is 7.58. The average Bonchev–Trinajstić information content (AvgIpc) is 2.92. The van der Waals surface area contributed by atoms with Crippen LogP contribution in [0.1, 0.15) is 71.5 Å². The van der Waals surface area contributed by atoms with Crippen LogP contribution in [0.2, 0.25) is 0 Å². The summed E-state index contributed by atoms with van der Waals surface area (Å²) in [6.45, 7) is 6.30. The first kappa shape index (κ1) is 17.7. The fourth-order valence-electron chi connectivity index (χ4n) is 4.05. The highest BCUT2D eigenvalue weighted by molar-refractivity contribution is 5.89. The summed E-state index contributed by atoms with van der Waals surface area (Å²) in [6, 6.07) is 7.93. The first-order valence-electron chi connectivity index (χ1n) is 9.73. The molecule has 0 saturated heterocycles. The van der Waals surface area contributed by atoms with Gasteiger partial charge in [0.1, 0.15) is 0 Å². The average molecular weight is 363 g/mol. The van der Waals surface area contributed by atoms with Gasteiger partial charge in [0.25, 0.3) is 0 Å². The lowest BCUT2D eigenvalue weighted by molar-refractivity contribution is 0.0690. The zero-order valence-electron chi connectivity index (χ0n) is 16.1. The molecule has 140 valence electrons. The van der Waals surface area contributed by atoms with E-state index in [0.29, 0.717) is 11.6 Å². The Bertz CT molecular complexity index is 1010. The molecule has 5 heteroatoms. The van der Waals surface area contributed by atoms with E-state index in [9.17, 15) is 9.90 Å². The van der Waals surface area contributed by atoms with Gasteiger partial charge in [-0.15, -0.1) is 0 Å². The highest BCUT2D eigenvalue weighted by Crippen LogP contribution is 2.43. The Kier molecular flexibility index (Phi) is 4.46. The number of hydrogen-bond donors (Lipinski definition) is 1. The predicted octanol–water partition coefficient (Wildman–Crippen LogP) is 4.93. The minimum absolute atomic E-state index is 0.0958. The number of carbonyl (C=O) groups is 1. The molecule has 2 heterocycles. The van der Waals surface area contributed by atoms with Crippen molar-refractivity contribution in [2.75, 3.05) is 0 Å². The van der Waals surface area contributed by atoms with Crippen molar-refractivity contribution >= 4 is 11.6 Å². The summed E-state index contributed by atoms with van der Waals surface area (Å²) in [6.07, 6.45) is 5.20. The van der Waals surface area contributed by atoms with Crippen LogP contribution in [0.4, 0.5) is 0 Å². The monoisotopic (exact) mass is 363 g/mol. The molecule has 5 nitrogen and oxygen atoms in total. The van der Waals surface area contributed by atoms with Crippen LogP contribution in [0.5, 0.6) is 0 Å². The SMILES string of the molecule is CCCc1cc(C(=O)O)nc2c(-c3c(C)cccc3C)c(C3CCC3)nn12. The van der Waals surface area contributed by atoms with Crippen LogP contribution in [0.25, 0.3) is 16.8 Å². The van der Waals surface area contributed by atoms with Gasteiger partial charge in [-0.2, -0.15) is 5.10 Å². The molecule has 0 spiro atoms. The van der Waals surface area contributed by atoms with Crippen molar-refractivity contribution in [1.29, 1.82) is 0 Å². The number of aromatic carboxylic acids is 1. The number of nitrogens with zero attached hydrogens (tertiary/aromatic N) is 3. The lowest BCUT2D eigenvalue weighted by Gasteiger charge is -2.25. The minimum atomic E-state index is -0.992. The van der Waals surface area contributed by atoms with E-state index in [-0.39, 0.29) is 5.69 Å². The summed E-state index contributed by atoms with van der Waals surface area (Å²) >= 11 is 0. The number of benzene rings is 1. The Labute approximate surface area is 159 Å². The molecular formula is C22H25N3O2. The molecular weight excluding hydrogens is 338 g/mol. The predicted molar refractivity (Wildman–Crippen MR) is 105 cm³/mol. The number of carboxylic acid groups (broad SMARTS) is 1. The van der Waals surface area contributed by atoms with Crippen molar-refractivity contribution < 1.29 is 9.90 Å². The molecule has 1 fully saturated rings. The Hall–Kier alpha value is -2.69. The lowest BCUT2D eigenvalue weighted by Crippen LogP contribution is -2.11. The molecule has 0 radical (unpaired) electrons. The third-order valence-corrected chi connectivity index (χ3v) is 5.64. The first-order valence-corrected chi connectivity index (χ1v) is 9.73. The zero-order valence-corrected chi connectivity index (χ0v) is 16.1. The van der Waals surface area contributed by atoms with Gasteiger partial charge in [-0.25, -0.2) is 14.3 Å². The van der Waals surface area contributed by atoms with Gasteiger partial charge in [-0.05, 0) is 55.9 Å².